The molecule has 2 nitrogen and oxygen atoms in total. The molecule has 27 heavy (non-hydrogen) atoms. The van der Waals surface area contributed by atoms with Crippen LogP contribution < -0.4 is 0 Å². The molecule has 0 heterocycles. The summed E-state index contributed by atoms with van der Waals surface area (Å²) >= 11 is 5.97. The highest BCUT2D eigenvalue weighted by molar-refractivity contribution is 6.30. The zero-order valence-electron chi connectivity index (χ0n) is 16.5. The summed E-state index contributed by atoms with van der Waals surface area (Å²) in [6, 6.07) is 14.2. The maximum atomic E-state index is 13.5. The molecule has 2 rings (SSSR count). The van der Waals surface area contributed by atoms with E-state index in [1.807, 2.05) is 57.4 Å². The van der Waals surface area contributed by atoms with Gasteiger partial charge in [0.1, 0.15) is 5.82 Å². The van der Waals surface area contributed by atoms with Crippen molar-refractivity contribution in [1.29, 1.82) is 0 Å². The molecule has 0 aliphatic heterocycles. The van der Waals surface area contributed by atoms with Gasteiger partial charge in [0.05, 0.1) is 5.60 Å². The SMILES string of the molecule is C/C(=C\c1ccc(Cl)cc1)C(O)(CCc1cccc(F)c1)C(C)CN(C)C. The molecule has 146 valence electrons. The summed E-state index contributed by atoms with van der Waals surface area (Å²) in [7, 11) is 4.00. The second kappa shape index (κ2) is 9.50. The van der Waals surface area contributed by atoms with Crippen LogP contribution in [0.15, 0.2) is 54.1 Å². The first kappa shape index (κ1) is 21.6. The number of halogens is 2. The number of aliphatic hydroxyl groups is 1. The van der Waals surface area contributed by atoms with Crippen LogP contribution in [0, 0.1) is 11.7 Å². The lowest BCUT2D eigenvalue weighted by molar-refractivity contribution is 0.00730. The zero-order chi connectivity index (χ0) is 20.0. The summed E-state index contributed by atoms with van der Waals surface area (Å²) in [6.07, 6.45) is 3.15. The van der Waals surface area contributed by atoms with Gasteiger partial charge in [0.25, 0.3) is 0 Å². The number of hydrogen-bond acceptors (Lipinski definition) is 2. The van der Waals surface area contributed by atoms with E-state index in [4.69, 9.17) is 11.6 Å². The minimum absolute atomic E-state index is 0.0182. The third kappa shape index (κ3) is 6.17. The van der Waals surface area contributed by atoms with Gasteiger partial charge >= 0.3 is 0 Å². The third-order valence-electron chi connectivity index (χ3n) is 5.07. The van der Waals surface area contributed by atoms with Crippen LogP contribution in [-0.2, 0) is 6.42 Å². The predicted octanol–water partition coefficient (Wildman–Crippen LogP) is 5.44. The first-order valence-electron chi connectivity index (χ1n) is 9.26. The Hall–Kier alpha value is -1.68. The van der Waals surface area contributed by atoms with Crippen LogP contribution in [0.3, 0.4) is 0 Å². The number of rotatable bonds is 8. The van der Waals surface area contributed by atoms with Crippen LogP contribution in [0.4, 0.5) is 4.39 Å². The van der Waals surface area contributed by atoms with Gasteiger partial charge in [-0.25, -0.2) is 4.39 Å². The predicted molar refractivity (Wildman–Crippen MR) is 112 cm³/mol. The smallest absolute Gasteiger partial charge is 0.123 e. The fourth-order valence-electron chi connectivity index (χ4n) is 3.49. The Bertz CT molecular complexity index is 772. The highest BCUT2D eigenvalue weighted by Gasteiger charge is 2.35. The van der Waals surface area contributed by atoms with Crippen molar-refractivity contribution in [1.82, 2.24) is 4.90 Å². The second-order valence-corrected chi connectivity index (χ2v) is 8.03. The van der Waals surface area contributed by atoms with E-state index in [0.717, 1.165) is 23.2 Å². The van der Waals surface area contributed by atoms with Gasteiger partial charge in [0.15, 0.2) is 0 Å². The lowest BCUT2D eigenvalue weighted by Crippen LogP contribution is -2.43. The highest BCUT2D eigenvalue weighted by atomic mass is 35.5. The van der Waals surface area contributed by atoms with Crippen LogP contribution in [0.5, 0.6) is 0 Å². The van der Waals surface area contributed by atoms with Crippen molar-refractivity contribution in [2.24, 2.45) is 5.92 Å². The van der Waals surface area contributed by atoms with Crippen molar-refractivity contribution in [3.8, 4) is 0 Å². The summed E-state index contributed by atoms with van der Waals surface area (Å²) in [4.78, 5) is 2.08. The maximum absolute atomic E-state index is 13.5. The molecule has 2 aromatic rings. The standard InChI is InChI=1S/C23H29ClFNO/c1-17(14-20-8-10-21(24)11-9-20)23(27,18(2)16-26(3)4)13-12-19-6-5-7-22(25)15-19/h5-11,14-15,18,27H,12-13,16H2,1-4H3/b17-14+. The molecule has 2 unspecified atom stereocenters. The van der Waals surface area contributed by atoms with Crippen LogP contribution >= 0.6 is 11.6 Å². The van der Waals surface area contributed by atoms with Crippen LogP contribution in [-0.4, -0.2) is 36.2 Å². The van der Waals surface area contributed by atoms with Crippen LogP contribution in [0.25, 0.3) is 6.08 Å². The summed E-state index contributed by atoms with van der Waals surface area (Å²) < 4.78 is 13.5. The molecule has 0 aliphatic rings. The summed E-state index contributed by atoms with van der Waals surface area (Å²) in [5.41, 5.74) is 1.80. The first-order valence-corrected chi connectivity index (χ1v) is 9.64. The van der Waals surface area contributed by atoms with E-state index in [-0.39, 0.29) is 11.7 Å². The fraction of sp³-hybridized carbons (Fsp3) is 0.391. The van der Waals surface area contributed by atoms with E-state index < -0.39 is 5.60 Å². The Morgan fingerprint density at radius 2 is 1.89 bits per heavy atom. The van der Waals surface area contributed by atoms with Gasteiger partial charge in [0, 0.05) is 17.5 Å². The quantitative estimate of drug-likeness (QED) is 0.649. The maximum Gasteiger partial charge on any atom is 0.123 e. The number of aryl methyl sites for hydroxylation is 1. The molecule has 0 aromatic heterocycles. The van der Waals surface area contributed by atoms with Crippen molar-refractivity contribution in [2.45, 2.75) is 32.3 Å². The molecular formula is C23H29ClFNO. The molecule has 0 saturated heterocycles. The van der Waals surface area contributed by atoms with Crippen LogP contribution in [0.1, 0.15) is 31.4 Å². The van der Waals surface area contributed by atoms with E-state index >= 15 is 0 Å². The topological polar surface area (TPSA) is 23.5 Å². The van der Waals surface area contributed by atoms with Crippen molar-refractivity contribution < 1.29 is 9.50 Å². The van der Waals surface area contributed by atoms with Crippen LogP contribution in [0.2, 0.25) is 5.02 Å². The summed E-state index contributed by atoms with van der Waals surface area (Å²) in [6.45, 7) is 4.78. The Balaban J connectivity index is 2.28. The molecule has 0 radical (unpaired) electrons. The second-order valence-electron chi connectivity index (χ2n) is 7.60. The van der Waals surface area contributed by atoms with Crippen molar-refractivity contribution >= 4 is 17.7 Å². The zero-order valence-corrected chi connectivity index (χ0v) is 17.3. The van der Waals surface area contributed by atoms with Gasteiger partial charge in [-0.3, -0.25) is 0 Å². The lowest BCUT2D eigenvalue weighted by Gasteiger charge is -2.37. The van der Waals surface area contributed by atoms with E-state index in [1.165, 1.54) is 12.1 Å². The van der Waals surface area contributed by atoms with Crippen molar-refractivity contribution in [2.75, 3.05) is 20.6 Å². The van der Waals surface area contributed by atoms with E-state index in [0.29, 0.717) is 17.9 Å². The number of benzene rings is 2. The molecule has 4 heteroatoms. The average Bonchev–Trinajstić information content (AvgIpc) is 2.61. The molecule has 0 spiro atoms. The Morgan fingerprint density at radius 1 is 1.22 bits per heavy atom. The van der Waals surface area contributed by atoms with Gasteiger partial charge in [-0.1, -0.05) is 48.9 Å². The van der Waals surface area contributed by atoms with E-state index in [9.17, 15) is 9.50 Å². The van der Waals surface area contributed by atoms with Gasteiger partial charge in [-0.05, 0) is 74.8 Å². The van der Waals surface area contributed by atoms with Gasteiger partial charge in [-0.15, -0.1) is 0 Å². The van der Waals surface area contributed by atoms with Gasteiger partial charge in [-0.2, -0.15) is 0 Å². The number of nitrogens with zero attached hydrogens (tertiary/aromatic N) is 1. The fourth-order valence-corrected chi connectivity index (χ4v) is 3.62. The van der Waals surface area contributed by atoms with Gasteiger partial charge < -0.3 is 10.0 Å². The largest absolute Gasteiger partial charge is 0.385 e. The normalized spacial score (nSPS) is 15.6. The monoisotopic (exact) mass is 389 g/mol. The lowest BCUT2D eigenvalue weighted by atomic mass is 9.77. The van der Waals surface area contributed by atoms with Crippen molar-refractivity contribution in [3.63, 3.8) is 0 Å². The highest BCUT2D eigenvalue weighted by Crippen LogP contribution is 2.33. The van der Waals surface area contributed by atoms with E-state index in [1.54, 1.807) is 6.07 Å². The minimum Gasteiger partial charge on any atom is -0.385 e. The molecule has 2 atom stereocenters. The summed E-state index contributed by atoms with van der Waals surface area (Å²) in [5.74, 6) is -0.226. The third-order valence-corrected chi connectivity index (χ3v) is 5.33. The summed E-state index contributed by atoms with van der Waals surface area (Å²) in [5, 5.41) is 12.3. The number of hydrogen-bond donors (Lipinski definition) is 1. The molecule has 0 saturated carbocycles. The molecule has 0 fully saturated rings. The molecular weight excluding hydrogens is 361 g/mol. The first-order chi connectivity index (χ1) is 12.7. The van der Waals surface area contributed by atoms with Crippen molar-refractivity contribution in [3.05, 3.63) is 76.1 Å². The molecule has 0 bridgehead atoms. The van der Waals surface area contributed by atoms with E-state index in [2.05, 4.69) is 11.8 Å². The molecule has 0 amide bonds. The Morgan fingerprint density at radius 3 is 2.48 bits per heavy atom. The van der Waals surface area contributed by atoms with Gasteiger partial charge in [0.2, 0.25) is 0 Å². The molecule has 1 N–H and O–H groups in total. The minimum atomic E-state index is -0.990. The Kier molecular flexibility index (Phi) is 7.60. The average molecular weight is 390 g/mol. The Labute approximate surface area is 167 Å². The molecule has 0 aliphatic carbocycles. The molecule has 2 aromatic carbocycles.